The Balaban J connectivity index is 0.00000182. The van der Waals surface area contributed by atoms with E-state index in [4.69, 9.17) is 4.74 Å². The second-order valence-electron chi connectivity index (χ2n) is 6.47. The maximum Gasteiger partial charge on any atom is 0.257 e. The third-order valence-corrected chi connectivity index (χ3v) is 4.98. The van der Waals surface area contributed by atoms with Crippen LogP contribution in [-0.4, -0.2) is 11.7 Å². The SMILES string of the molecule is COc1ccc(-c2c[n+](Cc3ccccc3C)c3n2CCC3)cc1.[Cl-]. The van der Waals surface area contributed by atoms with Crippen molar-refractivity contribution in [1.82, 2.24) is 4.57 Å². The van der Waals surface area contributed by atoms with Gasteiger partial charge in [-0.15, -0.1) is 0 Å². The van der Waals surface area contributed by atoms with Gasteiger partial charge in [-0.25, -0.2) is 9.13 Å². The van der Waals surface area contributed by atoms with Crippen LogP contribution in [0.1, 0.15) is 23.4 Å². The van der Waals surface area contributed by atoms with Gasteiger partial charge in [0.25, 0.3) is 5.82 Å². The minimum absolute atomic E-state index is 0. The molecule has 130 valence electrons. The number of imidazole rings is 1. The summed E-state index contributed by atoms with van der Waals surface area (Å²) in [4.78, 5) is 0. The van der Waals surface area contributed by atoms with E-state index in [-0.39, 0.29) is 12.4 Å². The van der Waals surface area contributed by atoms with Crippen LogP contribution in [-0.2, 0) is 19.5 Å². The van der Waals surface area contributed by atoms with Crippen LogP contribution in [0.3, 0.4) is 0 Å². The number of methoxy groups -OCH3 is 1. The molecule has 0 saturated heterocycles. The van der Waals surface area contributed by atoms with E-state index in [1.807, 2.05) is 12.1 Å². The van der Waals surface area contributed by atoms with E-state index >= 15 is 0 Å². The van der Waals surface area contributed by atoms with E-state index in [9.17, 15) is 0 Å². The minimum atomic E-state index is 0. The summed E-state index contributed by atoms with van der Waals surface area (Å²) in [5.41, 5.74) is 5.30. The number of benzene rings is 2. The summed E-state index contributed by atoms with van der Waals surface area (Å²) in [6.07, 6.45) is 4.69. The number of hydrogen-bond acceptors (Lipinski definition) is 1. The quantitative estimate of drug-likeness (QED) is 0.633. The van der Waals surface area contributed by atoms with Crippen LogP contribution in [0.5, 0.6) is 5.75 Å². The zero-order valence-electron chi connectivity index (χ0n) is 14.7. The summed E-state index contributed by atoms with van der Waals surface area (Å²) in [6.45, 7) is 4.24. The highest BCUT2D eigenvalue weighted by Crippen LogP contribution is 2.26. The zero-order chi connectivity index (χ0) is 16.5. The largest absolute Gasteiger partial charge is 1.00 e. The van der Waals surface area contributed by atoms with Crippen molar-refractivity contribution in [3.05, 3.63) is 71.7 Å². The summed E-state index contributed by atoms with van der Waals surface area (Å²) in [5, 5.41) is 0. The van der Waals surface area contributed by atoms with Gasteiger partial charge in [0.2, 0.25) is 0 Å². The summed E-state index contributed by atoms with van der Waals surface area (Å²) in [7, 11) is 1.71. The van der Waals surface area contributed by atoms with E-state index in [0.29, 0.717) is 0 Å². The van der Waals surface area contributed by atoms with Gasteiger partial charge in [0.05, 0.1) is 20.1 Å². The van der Waals surface area contributed by atoms with Gasteiger partial charge < -0.3 is 17.1 Å². The number of rotatable bonds is 4. The molecule has 25 heavy (non-hydrogen) atoms. The van der Waals surface area contributed by atoms with E-state index in [1.54, 1.807) is 7.11 Å². The first-order chi connectivity index (χ1) is 11.8. The van der Waals surface area contributed by atoms with E-state index in [1.165, 1.54) is 34.6 Å². The molecule has 0 aliphatic carbocycles. The van der Waals surface area contributed by atoms with Gasteiger partial charge in [-0.05, 0) is 48.7 Å². The third-order valence-electron chi connectivity index (χ3n) is 4.98. The number of fused-ring (bicyclic) bond motifs is 1. The molecule has 1 aliphatic heterocycles. The molecule has 0 unspecified atom stereocenters. The molecular weight excluding hydrogens is 332 g/mol. The van der Waals surface area contributed by atoms with Crippen LogP contribution in [0.4, 0.5) is 0 Å². The molecule has 3 nitrogen and oxygen atoms in total. The summed E-state index contributed by atoms with van der Waals surface area (Å²) < 4.78 is 10.2. The van der Waals surface area contributed by atoms with Crippen molar-refractivity contribution in [2.75, 3.05) is 7.11 Å². The molecule has 0 N–H and O–H groups in total. The molecule has 1 aliphatic rings. The first-order valence-electron chi connectivity index (χ1n) is 8.57. The van der Waals surface area contributed by atoms with Crippen molar-refractivity contribution in [2.45, 2.75) is 32.9 Å². The minimum Gasteiger partial charge on any atom is -1.00 e. The molecule has 0 atom stereocenters. The Labute approximate surface area is 155 Å². The predicted molar refractivity (Wildman–Crippen MR) is 95.2 cm³/mol. The molecule has 0 fully saturated rings. The maximum absolute atomic E-state index is 5.28. The first-order valence-corrected chi connectivity index (χ1v) is 8.57. The lowest BCUT2D eigenvalue weighted by atomic mass is 10.1. The Bertz CT molecular complexity index is 868. The summed E-state index contributed by atoms with van der Waals surface area (Å²) in [5.74, 6) is 2.34. The molecule has 0 bridgehead atoms. The molecule has 0 saturated carbocycles. The smallest absolute Gasteiger partial charge is 0.257 e. The van der Waals surface area contributed by atoms with Crippen LogP contribution < -0.4 is 21.7 Å². The van der Waals surface area contributed by atoms with Crippen molar-refractivity contribution in [3.63, 3.8) is 0 Å². The van der Waals surface area contributed by atoms with Gasteiger partial charge in [0.15, 0.2) is 5.69 Å². The van der Waals surface area contributed by atoms with Crippen LogP contribution >= 0.6 is 0 Å². The van der Waals surface area contributed by atoms with E-state index in [2.05, 4.69) is 58.7 Å². The average Bonchev–Trinajstić information content (AvgIpc) is 3.21. The van der Waals surface area contributed by atoms with Gasteiger partial charge in [-0.2, -0.15) is 0 Å². The normalized spacial score (nSPS) is 12.6. The van der Waals surface area contributed by atoms with Crippen LogP contribution in [0.15, 0.2) is 54.7 Å². The molecule has 0 radical (unpaired) electrons. The Kier molecular flexibility index (Phi) is 5.14. The Morgan fingerprint density at radius 2 is 1.84 bits per heavy atom. The average molecular weight is 355 g/mol. The van der Waals surface area contributed by atoms with Gasteiger partial charge in [-0.3, -0.25) is 0 Å². The maximum atomic E-state index is 5.28. The van der Waals surface area contributed by atoms with Gasteiger partial charge in [-0.1, -0.05) is 24.3 Å². The number of hydrogen-bond donors (Lipinski definition) is 0. The number of aryl methyl sites for hydroxylation is 1. The number of aromatic nitrogens is 2. The van der Waals surface area contributed by atoms with Crippen LogP contribution in [0.2, 0.25) is 0 Å². The fourth-order valence-corrected chi connectivity index (χ4v) is 3.61. The lowest BCUT2D eigenvalue weighted by Gasteiger charge is -2.03. The molecule has 2 aromatic carbocycles. The Morgan fingerprint density at radius 3 is 2.56 bits per heavy atom. The highest BCUT2D eigenvalue weighted by Gasteiger charge is 2.28. The summed E-state index contributed by atoms with van der Waals surface area (Å²) >= 11 is 0. The predicted octanol–water partition coefficient (Wildman–Crippen LogP) is 0.758. The molecule has 3 aromatic rings. The Hall–Kier alpha value is -2.26. The van der Waals surface area contributed by atoms with Crippen molar-refractivity contribution >= 4 is 0 Å². The first kappa shape index (κ1) is 17.6. The highest BCUT2D eigenvalue weighted by atomic mass is 35.5. The van der Waals surface area contributed by atoms with Crippen molar-refractivity contribution < 1.29 is 21.7 Å². The van der Waals surface area contributed by atoms with Crippen LogP contribution in [0, 0.1) is 6.92 Å². The topological polar surface area (TPSA) is 18.0 Å². The highest BCUT2D eigenvalue weighted by molar-refractivity contribution is 5.60. The number of ether oxygens (including phenoxy) is 1. The standard InChI is InChI=1S/C21H23N2O.ClH/c1-16-6-3-4-7-18(16)14-22-15-20(23-13-5-8-21(22)23)17-9-11-19(24-2)12-10-17;/h3-4,6-7,9-12,15H,5,8,13-14H2,1-2H3;1H/q+1;/p-1. The Morgan fingerprint density at radius 1 is 1.08 bits per heavy atom. The summed E-state index contributed by atoms with van der Waals surface area (Å²) in [6, 6.07) is 17.0. The van der Waals surface area contributed by atoms with Crippen LogP contribution in [0.25, 0.3) is 11.3 Å². The number of halogens is 1. The van der Waals surface area contributed by atoms with Crippen molar-refractivity contribution in [3.8, 4) is 17.0 Å². The number of nitrogens with zero attached hydrogens (tertiary/aromatic N) is 2. The van der Waals surface area contributed by atoms with Gasteiger partial charge >= 0.3 is 0 Å². The fraction of sp³-hybridized carbons (Fsp3) is 0.286. The van der Waals surface area contributed by atoms with Gasteiger partial charge in [0.1, 0.15) is 18.5 Å². The fourth-order valence-electron chi connectivity index (χ4n) is 3.61. The lowest BCUT2D eigenvalue weighted by molar-refractivity contribution is -0.694. The van der Waals surface area contributed by atoms with Crippen molar-refractivity contribution in [1.29, 1.82) is 0 Å². The molecule has 4 rings (SSSR count). The van der Waals surface area contributed by atoms with E-state index < -0.39 is 0 Å². The molecule has 0 spiro atoms. The molecule has 1 aromatic heterocycles. The molecule has 2 heterocycles. The lowest BCUT2D eigenvalue weighted by Crippen LogP contribution is -3.00. The van der Waals surface area contributed by atoms with Gasteiger partial charge in [0, 0.05) is 5.56 Å². The molecular formula is C21H23ClN2O. The molecule has 4 heteroatoms. The molecule has 0 amide bonds. The monoisotopic (exact) mass is 354 g/mol. The second-order valence-corrected chi connectivity index (χ2v) is 6.47. The third kappa shape index (κ3) is 3.29. The van der Waals surface area contributed by atoms with E-state index in [0.717, 1.165) is 25.3 Å². The van der Waals surface area contributed by atoms with Crippen molar-refractivity contribution in [2.24, 2.45) is 0 Å². The zero-order valence-corrected chi connectivity index (χ0v) is 15.5. The second kappa shape index (κ2) is 7.32.